The fourth-order valence-electron chi connectivity index (χ4n) is 5.90. The summed E-state index contributed by atoms with van der Waals surface area (Å²) >= 11 is 0. The molecule has 0 aromatic rings. The van der Waals surface area contributed by atoms with Crippen LogP contribution in [0, 0.1) is 35.5 Å². The summed E-state index contributed by atoms with van der Waals surface area (Å²) in [7, 11) is 0. The van der Waals surface area contributed by atoms with Gasteiger partial charge in [0.05, 0.1) is 12.2 Å². The second-order valence-corrected chi connectivity index (χ2v) is 10.3. The Balaban J connectivity index is 1.46. The predicted octanol–water partition coefficient (Wildman–Crippen LogP) is 5.42. The van der Waals surface area contributed by atoms with Gasteiger partial charge in [-0.25, -0.2) is 0 Å². The molecule has 0 amide bonds. The largest absolute Gasteiger partial charge is 0.353 e. The van der Waals surface area contributed by atoms with E-state index in [0.717, 1.165) is 71.0 Å². The third-order valence-electron chi connectivity index (χ3n) is 7.74. The molecule has 33 heavy (non-hydrogen) atoms. The van der Waals surface area contributed by atoms with Gasteiger partial charge in [-0.1, -0.05) is 26.0 Å². The van der Waals surface area contributed by atoms with E-state index in [1.54, 1.807) is 0 Å². The average Bonchev–Trinajstić information content (AvgIpc) is 3.33. The monoisotopic (exact) mass is 458 g/mol. The van der Waals surface area contributed by atoms with Crippen molar-refractivity contribution in [3.8, 4) is 11.8 Å². The summed E-state index contributed by atoms with van der Waals surface area (Å²) in [5.74, 6) is 8.22. The van der Waals surface area contributed by atoms with Gasteiger partial charge >= 0.3 is 0 Å². The van der Waals surface area contributed by atoms with E-state index in [4.69, 9.17) is 18.9 Å². The average molecular weight is 459 g/mol. The SMILES string of the molecule is CCC#CCC(C)[C@@H](C=C[C@@H]1[C@H]2CC(=O)C[C@H]2C[C@H]1OC1CCCCO1)OC1CCCCO1. The molecule has 2 saturated carbocycles. The van der Waals surface area contributed by atoms with Crippen LogP contribution in [0.25, 0.3) is 0 Å². The Morgan fingerprint density at radius 3 is 2.52 bits per heavy atom. The Labute approximate surface area is 199 Å². The molecule has 2 saturated heterocycles. The van der Waals surface area contributed by atoms with Gasteiger partial charge < -0.3 is 18.9 Å². The minimum atomic E-state index is -0.137. The van der Waals surface area contributed by atoms with Gasteiger partial charge in [0.1, 0.15) is 5.78 Å². The molecule has 0 spiro atoms. The van der Waals surface area contributed by atoms with Crippen LogP contribution in [0.2, 0.25) is 0 Å². The van der Waals surface area contributed by atoms with E-state index in [-0.39, 0.29) is 36.6 Å². The Bertz CT molecular complexity index is 710. The van der Waals surface area contributed by atoms with Crippen molar-refractivity contribution in [2.75, 3.05) is 13.2 Å². The molecule has 2 heterocycles. The van der Waals surface area contributed by atoms with Crippen LogP contribution in [0.1, 0.15) is 84.5 Å². The van der Waals surface area contributed by atoms with E-state index < -0.39 is 0 Å². The molecule has 2 aliphatic carbocycles. The predicted molar refractivity (Wildman–Crippen MR) is 127 cm³/mol. The zero-order valence-corrected chi connectivity index (χ0v) is 20.5. The highest BCUT2D eigenvalue weighted by Gasteiger charge is 2.48. The number of Topliss-reactive ketones (excluding diaryl/α,β-unsaturated/α-hetero) is 1. The van der Waals surface area contributed by atoms with E-state index in [0.29, 0.717) is 30.5 Å². The molecule has 0 bridgehead atoms. The first-order valence-electron chi connectivity index (χ1n) is 13.3. The Kier molecular flexibility index (Phi) is 9.44. The highest BCUT2D eigenvalue weighted by molar-refractivity contribution is 5.81. The molecular weight excluding hydrogens is 416 g/mol. The van der Waals surface area contributed by atoms with Crippen LogP contribution in [0.4, 0.5) is 0 Å². The maximum atomic E-state index is 12.2. The molecule has 5 nitrogen and oxygen atoms in total. The third-order valence-corrected chi connectivity index (χ3v) is 7.74. The quantitative estimate of drug-likeness (QED) is 0.359. The van der Waals surface area contributed by atoms with Crippen molar-refractivity contribution in [3.05, 3.63) is 12.2 Å². The van der Waals surface area contributed by atoms with Crippen LogP contribution in [0.5, 0.6) is 0 Å². The lowest BCUT2D eigenvalue weighted by Gasteiger charge is -2.31. The minimum absolute atomic E-state index is 0.0537. The van der Waals surface area contributed by atoms with Crippen molar-refractivity contribution in [1.82, 2.24) is 0 Å². The fourth-order valence-corrected chi connectivity index (χ4v) is 5.90. The van der Waals surface area contributed by atoms with Gasteiger partial charge in [-0.15, -0.1) is 11.8 Å². The van der Waals surface area contributed by atoms with Gasteiger partial charge in [0, 0.05) is 44.8 Å². The summed E-state index contributed by atoms with van der Waals surface area (Å²) in [6.07, 6.45) is 14.9. The lowest BCUT2D eigenvalue weighted by molar-refractivity contribution is -0.193. The highest BCUT2D eigenvalue weighted by atomic mass is 16.7. The molecule has 0 radical (unpaired) electrons. The summed E-state index contributed by atoms with van der Waals surface area (Å²) in [6.45, 7) is 5.85. The number of fused-ring (bicyclic) bond motifs is 1. The first-order valence-corrected chi connectivity index (χ1v) is 13.3. The van der Waals surface area contributed by atoms with Crippen molar-refractivity contribution < 1.29 is 23.7 Å². The Morgan fingerprint density at radius 2 is 1.82 bits per heavy atom. The molecule has 5 heteroatoms. The highest BCUT2D eigenvalue weighted by Crippen LogP contribution is 2.48. The number of carbonyl (C=O) groups excluding carboxylic acids is 1. The normalized spacial score (nSPS) is 36.4. The van der Waals surface area contributed by atoms with E-state index in [1.807, 2.05) is 0 Å². The van der Waals surface area contributed by atoms with Crippen LogP contribution in [0.15, 0.2) is 12.2 Å². The van der Waals surface area contributed by atoms with Crippen LogP contribution >= 0.6 is 0 Å². The van der Waals surface area contributed by atoms with Crippen molar-refractivity contribution in [1.29, 1.82) is 0 Å². The van der Waals surface area contributed by atoms with Crippen LogP contribution in [-0.4, -0.2) is 43.8 Å². The summed E-state index contributed by atoms with van der Waals surface area (Å²) in [5.41, 5.74) is 0. The first kappa shape index (κ1) is 24.9. The van der Waals surface area contributed by atoms with Crippen molar-refractivity contribution >= 4 is 5.78 Å². The number of rotatable bonds is 8. The van der Waals surface area contributed by atoms with Crippen molar-refractivity contribution in [3.63, 3.8) is 0 Å². The summed E-state index contributed by atoms with van der Waals surface area (Å²) in [4.78, 5) is 12.2. The first-order chi connectivity index (χ1) is 16.1. The van der Waals surface area contributed by atoms with E-state index in [9.17, 15) is 4.79 Å². The van der Waals surface area contributed by atoms with Gasteiger partial charge in [-0.2, -0.15) is 0 Å². The van der Waals surface area contributed by atoms with Gasteiger partial charge in [0.25, 0.3) is 0 Å². The third kappa shape index (κ3) is 6.92. The lowest BCUT2D eigenvalue weighted by atomic mass is 9.89. The zero-order valence-electron chi connectivity index (χ0n) is 20.5. The van der Waals surface area contributed by atoms with Crippen molar-refractivity contribution in [2.24, 2.45) is 23.7 Å². The molecule has 0 aromatic carbocycles. The van der Waals surface area contributed by atoms with Crippen LogP contribution in [-0.2, 0) is 23.7 Å². The number of hydrogen-bond donors (Lipinski definition) is 0. The second kappa shape index (κ2) is 12.5. The molecule has 0 N–H and O–H groups in total. The topological polar surface area (TPSA) is 54.0 Å². The maximum absolute atomic E-state index is 12.2. The van der Waals surface area contributed by atoms with Crippen LogP contribution in [0.3, 0.4) is 0 Å². The van der Waals surface area contributed by atoms with Crippen molar-refractivity contribution in [2.45, 2.75) is 109 Å². The summed E-state index contributed by atoms with van der Waals surface area (Å²) in [6, 6.07) is 0. The molecular formula is C28H42O5. The Morgan fingerprint density at radius 1 is 1.06 bits per heavy atom. The minimum Gasteiger partial charge on any atom is -0.353 e. The molecule has 0 aromatic heterocycles. The molecule has 4 aliphatic rings. The number of ether oxygens (including phenoxy) is 4. The summed E-state index contributed by atoms with van der Waals surface area (Å²) < 4.78 is 24.7. The maximum Gasteiger partial charge on any atom is 0.158 e. The smallest absolute Gasteiger partial charge is 0.158 e. The lowest BCUT2D eigenvalue weighted by Crippen LogP contribution is -2.32. The van der Waals surface area contributed by atoms with Gasteiger partial charge in [-0.3, -0.25) is 4.79 Å². The van der Waals surface area contributed by atoms with E-state index in [1.165, 1.54) is 0 Å². The number of ketones is 1. The van der Waals surface area contributed by atoms with Gasteiger partial charge in [0.15, 0.2) is 12.6 Å². The summed E-state index contributed by atoms with van der Waals surface area (Å²) in [5, 5.41) is 0. The Hall–Kier alpha value is -1.19. The molecule has 3 unspecified atom stereocenters. The molecule has 4 rings (SSSR count). The molecule has 2 aliphatic heterocycles. The van der Waals surface area contributed by atoms with E-state index in [2.05, 4.69) is 37.8 Å². The van der Waals surface area contributed by atoms with Gasteiger partial charge in [-0.05, 0) is 62.7 Å². The molecule has 8 atom stereocenters. The fraction of sp³-hybridized carbons (Fsp3) is 0.821. The second-order valence-electron chi connectivity index (χ2n) is 10.3. The standard InChI is InChI=1S/C28H42O5/c1-3-4-5-10-20(2)25(32-27-11-6-8-15-30-27)14-13-23-24-19-22(29)17-21(24)18-26(23)33-28-12-7-9-16-31-28/h13-14,20-21,23-28H,3,6-12,15-19H2,1-2H3/t20?,21-,23+,24-,25+,26+,27?,28?/m0/s1. The molecule has 4 fully saturated rings. The van der Waals surface area contributed by atoms with Crippen LogP contribution < -0.4 is 0 Å². The number of hydrogen-bond acceptors (Lipinski definition) is 5. The van der Waals surface area contributed by atoms with Gasteiger partial charge in [0.2, 0.25) is 0 Å². The zero-order chi connectivity index (χ0) is 23.0. The van der Waals surface area contributed by atoms with E-state index >= 15 is 0 Å². The molecule has 184 valence electrons. The number of carbonyl (C=O) groups is 1.